The fourth-order valence-electron chi connectivity index (χ4n) is 1.76. The second-order valence-electron chi connectivity index (χ2n) is 4.60. The van der Waals surface area contributed by atoms with E-state index < -0.39 is 0 Å². The number of nitrogens with zero attached hydrogens (tertiary/aromatic N) is 2. The Morgan fingerprint density at radius 1 is 1.42 bits per heavy atom. The van der Waals surface area contributed by atoms with Gasteiger partial charge in [-0.15, -0.1) is 0 Å². The largest absolute Gasteiger partial charge is 0.337 e. The molecule has 0 spiro atoms. The van der Waals surface area contributed by atoms with E-state index in [1.165, 1.54) is 6.07 Å². The summed E-state index contributed by atoms with van der Waals surface area (Å²) in [7, 11) is 0. The van der Waals surface area contributed by atoms with Crippen LogP contribution in [-0.2, 0) is 0 Å². The number of hydrogen-bond acceptors (Lipinski definition) is 4. The SMILES string of the molecule is CCCNC(C)c1nc(-c2ccc(F)c(C)c2)no1. The van der Waals surface area contributed by atoms with Crippen LogP contribution in [0.1, 0.15) is 37.8 Å². The van der Waals surface area contributed by atoms with E-state index in [9.17, 15) is 4.39 Å². The first-order valence-corrected chi connectivity index (χ1v) is 6.45. The Kier molecular flexibility index (Phi) is 4.27. The summed E-state index contributed by atoms with van der Waals surface area (Å²) >= 11 is 0. The van der Waals surface area contributed by atoms with Crippen molar-refractivity contribution in [1.29, 1.82) is 0 Å². The third kappa shape index (κ3) is 3.17. The highest BCUT2D eigenvalue weighted by atomic mass is 19.1. The zero-order chi connectivity index (χ0) is 13.8. The van der Waals surface area contributed by atoms with Crippen LogP contribution in [0.2, 0.25) is 0 Å². The van der Waals surface area contributed by atoms with Crippen molar-refractivity contribution in [3.05, 3.63) is 35.5 Å². The molecule has 0 saturated heterocycles. The molecule has 0 saturated carbocycles. The average molecular weight is 263 g/mol. The lowest BCUT2D eigenvalue weighted by atomic mass is 10.1. The Morgan fingerprint density at radius 3 is 2.89 bits per heavy atom. The minimum absolute atomic E-state index is 0.0164. The summed E-state index contributed by atoms with van der Waals surface area (Å²) in [6, 6.07) is 4.80. The molecule has 0 aliphatic carbocycles. The van der Waals surface area contributed by atoms with E-state index in [0.717, 1.165) is 18.5 Å². The number of nitrogens with one attached hydrogen (secondary N) is 1. The van der Waals surface area contributed by atoms with Gasteiger partial charge in [-0.2, -0.15) is 4.98 Å². The average Bonchev–Trinajstić information content (AvgIpc) is 2.89. The van der Waals surface area contributed by atoms with Crippen molar-refractivity contribution >= 4 is 0 Å². The van der Waals surface area contributed by atoms with Gasteiger partial charge in [0, 0.05) is 5.56 Å². The number of rotatable bonds is 5. The van der Waals surface area contributed by atoms with Gasteiger partial charge in [0.2, 0.25) is 11.7 Å². The number of aromatic nitrogens is 2. The van der Waals surface area contributed by atoms with Crippen LogP contribution in [0.25, 0.3) is 11.4 Å². The summed E-state index contributed by atoms with van der Waals surface area (Å²) in [4.78, 5) is 4.34. The molecule has 0 aliphatic heterocycles. The molecule has 19 heavy (non-hydrogen) atoms. The Labute approximate surface area is 112 Å². The Morgan fingerprint density at radius 2 is 2.21 bits per heavy atom. The second kappa shape index (κ2) is 5.93. The van der Waals surface area contributed by atoms with Gasteiger partial charge in [0.25, 0.3) is 0 Å². The van der Waals surface area contributed by atoms with Crippen molar-refractivity contribution in [2.45, 2.75) is 33.2 Å². The highest BCUT2D eigenvalue weighted by Crippen LogP contribution is 2.20. The van der Waals surface area contributed by atoms with Crippen LogP contribution < -0.4 is 5.32 Å². The quantitative estimate of drug-likeness (QED) is 0.899. The zero-order valence-electron chi connectivity index (χ0n) is 11.4. The van der Waals surface area contributed by atoms with Gasteiger partial charge < -0.3 is 9.84 Å². The highest BCUT2D eigenvalue weighted by Gasteiger charge is 2.14. The Hall–Kier alpha value is -1.75. The van der Waals surface area contributed by atoms with Gasteiger partial charge in [0.15, 0.2) is 0 Å². The maximum Gasteiger partial charge on any atom is 0.243 e. The maximum absolute atomic E-state index is 13.2. The summed E-state index contributed by atoms with van der Waals surface area (Å²) in [6.45, 7) is 6.68. The first-order valence-electron chi connectivity index (χ1n) is 6.45. The molecule has 5 heteroatoms. The summed E-state index contributed by atoms with van der Waals surface area (Å²) in [5, 5.41) is 7.22. The van der Waals surface area contributed by atoms with Gasteiger partial charge in [0.1, 0.15) is 5.82 Å². The van der Waals surface area contributed by atoms with Crippen molar-refractivity contribution in [3.8, 4) is 11.4 Å². The second-order valence-corrected chi connectivity index (χ2v) is 4.60. The summed E-state index contributed by atoms with van der Waals surface area (Å²) in [6.07, 6.45) is 1.04. The summed E-state index contributed by atoms with van der Waals surface area (Å²) < 4.78 is 18.4. The van der Waals surface area contributed by atoms with E-state index in [1.807, 2.05) is 6.92 Å². The molecule has 0 amide bonds. The van der Waals surface area contributed by atoms with Gasteiger partial charge in [-0.3, -0.25) is 0 Å². The van der Waals surface area contributed by atoms with Crippen LogP contribution in [0.3, 0.4) is 0 Å². The van der Waals surface area contributed by atoms with Gasteiger partial charge >= 0.3 is 0 Å². The van der Waals surface area contributed by atoms with Gasteiger partial charge in [-0.25, -0.2) is 4.39 Å². The third-order valence-electron chi connectivity index (χ3n) is 2.93. The molecular formula is C14H18FN3O. The van der Waals surface area contributed by atoms with E-state index in [-0.39, 0.29) is 11.9 Å². The molecule has 2 aromatic rings. The fourth-order valence-corrected chi connectivity index (χ4v) is 1.76. The molecule has 0 aliphatic rings. The Balaban J connectivity index is 2.18. The van der Waals surface area contributed by atoms with Crippen LogP contribution in [-0.4, -0.2) is 16.7 Å². The predicted octanol–water partition coefficient (Wildman–Crippen LogP) is 3.24. The molecule has 0 fully saturated rings. The molecule has 4 nitrogen and oxygen atoms in total. The Bertz CT molecular complexity index is 553. The number of hydrogen-bond donors (Lipinski definition) is 1. The maximum atomic E-state index is 13.2. The first-order chi connectivity index (χ1) is 9.11. The van der Waals surface area contributed by atoms with Crippen LogP contribution in [0.15, 0.2) is 22.7 Å². The molecule has 1 aromatic heterocycles. The summed E-state index contributed by atoms with van der Waals surface area (Å²) in [5.41, 5.74) is 1.33. The minimum Gasteiger partial charge on any atom is -0.337 e. The number of benzene rings is 1. The first kappa shape index (κ1) is 13.7. The van der Waals surface area contributed by atoms with E-state index in [2.05, 4.69) is 22.4 Å². The number of aryl methyl sites for hydroxylation is 1. The molecule has 1 unspecified atom stereocenters. The lowest BCUT2D eigenvalue weighted by molar-refractivity contribution is 0.340. The lowest BCUT2D eigenvalue weighted by Gasteiger charge is -2.06. The number of halogens is 1. The monoisotopic (exact) mass is 263 g/mol. The van der Waals surface area contributed by atoms with E-state index >= 15 is 0 Å². The highest BCUT2D eigenvalue weighted by molar-refractivity contribution is 5.55. The van der Waals surface area contributed by atoms with Crippen molar-refractivity contribution < 1.29 is 8.91 Å². The topological polar surface area (TPSA) is 51.0 Å². The normalized spacial score (nSPS) is 12.6. The van der Waals surface area contributed by atoms with Gasteiger partial charge in [-0.05, 0) is 50.6 Å². The molecule has 1 heterocycles. The van der Waals surface area contributed by atoms with Crippen molar-refractivity contribution in [2.75, 3.05) is 6.54 Å². The van der Waals surface area contributed by atoms with Gasteiger partial charge in [-0.1, -0.05) is 12.1 Å². The molecule has 1 N–H and O–H groups in total. The van der Waals surface area contributed by atoms with Crippen LogP contribution in [0, 0.1) is 12.7 Å². The predicted molar refractivity (Wildman–Crippen MR) is 71.1 cm³/mol. The molecular weight excluding hydrogens is 245 g/mol. The van der Waals surface area contributed by atoms with Crippen molar-refractivity contribution in [2.24, 2.45) is 0 Å². The van der Waals surface area contributed by atoms with Gasteiger partial charge in [0.05, 0.1) is 6.04 Å². The van der Waals surface area contributed by atoms with Crippen LogP contribution in [0.5, 0.6) is 0 Å². The van der Waals surface area contributed by atoms with Crippen molar-refractivity contribution in [1.82, 2.24) is 15.5 Å². The van der Waals surface area contributed by atoms with Crippen LogP contribution >= 0.6 is 0 Å². The molecule has 1 atom stereocenters. The van der Waals surface area contributed by atoms with E-state index in [1.54, 1.807) is 19.1 Å². The molecule has 102 valence electrons. The zero-order valence-corrected chi connectivity index (χ0v) is 11.4. The van der Waals surface area contributed by atoms with E-state index in [0.29, 0.717) is 17.3 Å². The van der Waals surface area contributed by atoms with Crippen molar-refractivity contribution in [3.63, 3.8) is 0 Å². The summed E-state index contributed by atoms with van der Waals surface area (Å²) in [5.74, 6) is 0.805. The smallest absolute Gasteiger partial charge is 0.243 e. The molecule has 0 radical (unpaired) electrons. The molecule has 2 rings (SSSR count). The molecule has 0 bridgehead atoms. The standard InChI is InChI=1S/C14H18FN3O/c1-4-7-16-10(3)14-17-13(18-19-14)11-5-6-12(15)9(2)8-11/h5-6,8,10,16H,4,7H2,1-3H3. The lowest BCUT2D eigenvalue weighted by Crippen LogP contribution is -2.19. The van der Waals surface area contributed by atoms with E-state index in [4.69, 9.17) is 4.52 Å². The fraction of sp³-hybridized carbons (Fsp3) is 0.429. The third-order valence-corrected chi connectivity index (χ3v) is 2.93. The van der Waals surface area contributed by atoms with Crippen LogP contribution in [0.4, 0.5) is 4.39 Å². The molecule has 1 aromatic carbocycles. The minimum atomic E-state index is -0.231.